The van der Waals surface area contributed by atoms with Gasteiger partial charge < -0.3 is 10.1 Å². The van der Waals surface area contributed by atoms with Crippen molar-refractivity contribution in [2.75, 3.05) is 11.9 Å². The van der Waals surface area contributed by atoms with Gasteiger partial charge in [0.25, 0.3) is 5.91 Å². The van der Waals surface area contributed by atoms with Gasteiger partial charge in [-0.05, 0) is 37.1 Å². The number of carbonyl (C=O) groups is 2. The summed E-state index contributed by atoms with van der Waals surface area (Å²) >= 11 is 0. The molecule has 2 rings (SSSR count). The van der Waals surface area contributed by atoms with Crippen molar-refractivity contribution in [1.29, 1.82) is 0 Å². The van der Waals surface area contributed by atoms with E-state index in [-0.39, 0.29) is 23.4 Å². The number of nitrogens with two attached hydrogens (primary N) is 1. The molecule has 1 fully saturated rings. The van der Waals surface area contributed by atoms with E-state index in [9.17, 15) is 18.0 Å². The summed E-state index contributed by atoms with van der Waals surface area (Å²) in [7, 11) is -3.76. The molecule has 0 bridgehead atoms. The molecule has 0 saturated heterocycles. The highest BCUT2D eigenvalue weighted by molar-refractivity contribution is 7.89. The van der Waals surface area contributed by atoms with Gasteiger partial charge in [-0.1, -0.05) is 6.42 Å². The summed E-state index contributed by atoms with van der Waals surface area (Å²) in [5.41, 5.74) is 0.395. The Kier molecular flexibility index (Phi) is 4.59. The third kappa shape index (κ3) is 4.27. The molecule has 0 aromatic heterocycles. The number of benzene rings is 1. The predicted molar refractivity (Wildman–Crippen MR) is 74.7 cm³/mol. The van der Waals surface area contributed by atoms with Crippen molar-refractivity contribution in [2.24, 2.45) is 11.1 Å². The zero-order valence-electron chi connectivity index (χ0n) is 11.2. The minimum absolute atomic E-state index is 0.0445. The first-order valence-electron chi connectivity index (χ1n) is 6.45. The van der Waals surface area contributed by atoms with E-state index in [4.69, 9.17) is 9.88 Å². The van der Waals surface area contributed by atoms with E-state index >= 15 is 0 Å². The van der Waals surface area contributed by atoms with Crippen LogP contribution in [-0.2, 0) is 24.3 Å². The van der Waals surface area contributed by atoms with Crippen LogP contribution < -0.4 is 10.5 Å². The van der Waals surface area contributed by atoms with E-state index < -0.39 is 15.9 Å². The molecule has 1 aromatic carbocycles. The predicted octanol–water partition coefficient (Wildman–Crippen LogP) is 0.616. The van der Waals surface area contributed by atoms with Crippen LogP contribution in [0.25, 0.3) is 0 Å². The van der Waals surface area contributed by atoms with E-state index in [0.717, 1.165) is 19.3 Å². The van der Waals surface area contributed by atoms with Crippen LogP contribution in [0.15, 0.2) is 29.2 Å². The number of nitrogens with one attached hydrogen (secondary N) is 1. The second-order valence-corrected chi connectivity index (χ2v) is 6.41. The zero-order chi connectivity index (χ0) is 15.5. The molecular weight excluding hydrogens is 296 g/mol. The largest absolute Gasteiger partial charge is 0.455 e. The van der Waals surface area contributed by atoms with Crippen molar-refractivity contribution in [1.82, 2.24) is 0 Å². The van der Waals surface area contributed by atoms with Gasteiger partial charge in [-0.3, -0.25) is 9.59 Å². The second kappa shape index (κ2) is 6.23. The third-order valence-electron chi connectivity index (χ3n) is 3.25. The zero-order valence-corrected chi connectivity index (χ0v) is 12.1. The molecule has 1 saturated carbocycles. The molecule has 0 heterocycles. The van der Waals surface area contributed by atoms with Crippen molar-refractivity contribution in [2.45, 2.75) is 24.2 Å². The summed E-state index contributed by atoms with van der Waals surface area (Å²) in [6.45, 7) is -0.355. The molecule has 0 spiro atoms. The maximum atomic E-state index is 11.6. The molecule has 1 aliphatic carbocycles. The fourth-order valence-corrected chi connectivity index (χ4v) is 2.34. The van der Waals surface area contributed by atoms with Crippen LogP contribution in [0.5, 0.6) is 0 Å². The molecule has 0 unspecified atom stereocenters. The number of esters is 1. The summed E-state index contributed by atoms with van der Waals surface area (Å²) in [6.07, 6.45) is 2.65. The Morgan fingerprint density at radius 3 is 2.33 bits per heavy atom. The first-order chi connectivity index (χ1) is 9.86. The van der Waals surface area contributed by atoms with Crippen LogP contribution >= 0.6 is 0 Å². The number of primary sulfonamides is 1. The lowest BCUT2D eigenvalue weighted by Crippen LogP contribution is -2.28. The van der Waals surface area contributed by atoms with Crippen LogP contribution in [-0.4, -0.2) is 26.9 Å². The van der Waals surface area contributed by atoms with Crippen LogP contribution in [0, 0.1) is 5.92 Å². The lowest BCUT2D eigenvalue weighted by Gasteiger charge is -2.22. The number of sulfonamides is 1. The quantitative estimate of drug-likeness (QED) is 0.773. The van der Waals surface area contributed by atoms with Crippen LogP contribution in [0.3, 0.4) is 0 Å². The summed E-state index contributed by atoms with van der Waals surface area (Å²) in [4.78, 5) is 23.0. The van der Waals surface area contributed by atoms with Crippen LogP contribution in [0.2, 0.25) is 0 Å². The van der Waals surface area contributed by atoms with E-state index in [1.54, 1.807) is 0 Å². The number of hydrogen-bond acceptors (Lipinski definition) is 5. The number of carbonyl (C=O) groups excluding carboxylic acids is 2. The summed E-state index contributed by atoms with van der Waals surface area (Å²) in [6, 6.07) is 5.38. The Bertz CT molecular complexity index is 635. The van der Waals surface area contributed by atoms with E-state index in [2.05, 4.69) is 5.32 Å². The Morgan fingerprint density at radius 1 is 1.24 bits per heavy atom. The van der Waals surface area contributed by atoms with Crippen LogP contribution in [0.1, 0.15) is 19.3 Å². The Morgan fingerprint density at radius 2 is 1.86 bits per heavy atom. The Hall–Kier alpha value is -1.93. The highest BCUT2D eigenvalue weighted by atomic mass is 32.2. The lowest BCUT2D eigenvalue weighted by molar-refractivity contribution is -0.154. The second-order valence-electron chi connectivity index (χ2n) is 4.85. The molecule has 1 amide bonds. The molecule has 0 atom stereocenters. The SMILES string of the molecule is NS(=O)(=O)c1ccc(NC(=O)COC(=O)C2CCC2)cc1. The maximum absolute atomic E-state index is 11.6. The van der Waals surface area contributed by atoms with Gasteiger partial charge in [-0.15, -0.1) is 0 Å². The Labute approximate surface area is 122 Å². The van der Waals surface area contributed by atoms with Crippen molar-refractivity contribution >= 4 is 27.6 Å². The normalized spacial score (nSPS) is 15.1. The topological polar surface area (TPSA) is 116 Å². The average Bonchev–Trinajstić information content (AvgIpc) is 2.34. The van der Waals surface area contributed by atoms with Crippen molar-refractivity contribution in [3.8, 4) is 0 Å². The monoisotopic (exact) mass is 312 g/mol. The van der Waals surface area contributed by atoms with Crippen molar-refractivity contribution in [3.63, 3.8) is 0 Å². The smallest absolute Gasteiger partial charge is 0.309 e. The molecule has 7 nitrogen and oxygen atoms in total. The van der Waals surface area contributed by atoms with Crippen molar-refractivity contribution < 1.29 is 22.7 Å². The van der Waals surface area contributed by atoms with Crippen molar-refractivity contribution in [3.05, 3.63) is 24.3 Å². The molecule has 114 valence electrons. The van der Waals surface area contributed by atoms with Gasteiger partial charge in [0.2, 0.25) is 10.0 Å². The molecule has 21 heavy (non-hydrogen) atoms. The number of ether oxygens (including phenoxy) is 1. The Balaban J connectivity index is 1.83. The third-order valence-corrected chi connectivity index (χ3v) is 4.18. The standard InChI is InChI=1S/C13H16N2O5S/c14-21(18,19)11-6-4-10(5-7-11)15-12(16)8-20-13(17)9-2-1-3-9/h4-7,9H,1-3,8H2,(H,15,16)(H2,14,18,19). The van der Waals surface area contributed by atoms with E-state index in [1.807, 2.05) is 0 Å². The highest BCUT2D eigenvalue weighted by Crippen LogP contribution is 2.27. The van der Waals surface area contributed by atoms with Crippen LogP contribution in [0.4, 0.5) is 5.69 Å². The molecule has 3 N–H and O–H groups in total. The van der Waals surface area contributed by atoms with Gasteiger partial charge in [0.1, 0.15) is 0 Å². The minimum Gasteiger partial charge on any atom is -0.455 e. The molecule has 0 radical (unpaired) electrons. The fourth-order valence-electron chi connectivity index (χ4n) is 1.82. The van der Waals surface area contributed by atoms with Gasteiger partial charge in [0.05, 0.1) is 10.8 Å². The first-order valence-corrected chi connectivity index (χ1v) is 8.00. The van der Waals surface area contributed by atoms with Gasteiger partial charge in [-0.25, -0.2) is 13.6 Å². The summed E-state index contributed by atoms with van der Waals surface area (Å²) in [5.74, 6) is -0.904. The fraction of sp³-hybridized carbons (Fsp3) is 0.385. The maximum Gasteiger partial charge on any atom is 0.309 e. The molecule has 1 aliphatic rings. The number of anilines is 1. The van der Waals surface area contributed by atoms with Gasteiger partial charge in [-0.2, -0.15) is 0 Å². The van der Waals surface area contributed by atoms with E-state index in [0.29, 0.717) is 5.69 Å². The molecule has 0 aliphatic heterocycles. The van der Waals surface area contributed by atoms with Gasteiger partial charge in [0.15, 0.2) is 6.61 Å². The highest BCUT2D eigenvalue weighted by Gasteiger charge is 2.27. The minimum atomic E-state index is -3.76. The molecule has 1 aromatic rings. The summed E-state index contributed by atoms with van der Waals surface area (Å²) in [5, 5.41) is 7.46. The average molecular weight is 312 g/mol. The van der Waals surface area contributed by atoms with E-state index in [1.165, 1.54) is 24.3 Å². The van der Waals surface area contributed by atoms with Gasteiger partial charge in [0, 0.05) is 5.69 Å². The molecule has 8 heteroatoms. The number of hydrogen-bond donors (Lipinski definition) is 2. The number of amides is 1. The molecular formula is C13H16N2O5S. The first kappa shape index (κ1) is 15.5. The van der Waals surface area contributed by atoms with Gasteiger partial charge >= 0.3 is 5.97 Å². The number of rotatable bonds is 5. The summed E-state index contributed by atoms with van der Waals surface area (Å²) < 4.78 is 27.0. The lowest BCUT2D eigenvalue weighted by atomic mass is 9.86.